The zero-order valence-corrected chi connectivity index (χ0v) is 20.1. The van der Waals surface area contributed by atoms with Crippen molar-refractivity contribution in [1.29, 1.82) is 0 Å². The second-order valence-corrected chi connectivity index (χ2v) is 9.20. The molecule has 0 bridgehead atoms. The van der Waals surface area contributed by atoms with Crippen LogP contribution in [0.15, 0.2) is 54.9 Å². The highest BCUT2D eigenvalue weighted by atomic mass is 19.1. The number of amides is 1. The third kappa shape index (κ3) is 5.99. The van der Waals surface area contributed by atoms with Crippen molar-refractivity contribution in [3.05, 3.63) is 71.8 Å². The number of piperidine rings is 1. The molecule has 0 unspecified atom stereocenters. The van der Waals surface area contributed by atoms with E-state index < -0.39 is 0 Å². The molecule has 1 aliphatic rings. The fourth-order valence-corrected chi connectivity index (χ4v) is 4.27. The van der Waals surface area contributed by atoms with E-state index in [2.05, 4.69) is 52.3 Å². The first kappa shape index (κ1) is 23.9. The van der Waals surface area contributed by atoms with Crippen molar-refractivity contribution in [2.45, 2.75) is 45.2 Å². The molecule has 1 saturated heterocycles. The van der Waals surface area contributed by atoms with E-state index in [1.165, 1.54) is 29.8 Å². The summed E-state index contributed by atoms with van der Waals surface area (Å²) in [6, 6.07) is 11.9. The number of likely N-dealkylation sites (tertiary alicyclic amines) is 1. The summed E-state index contributed by atoms with van der Waals surface area (Å²) in [7, 11) is 2.06. The summed E-state index contributed by atoms with van der Waals surface area (Å²) >= 11 is 0. The number of nitrogens with zero attached hydrogens (tertiary/aromatic N) is 5. The predicted molar refractivity (Wildman–Crippen MR) is 133 cm³/mol. The van der Waals surface area contributed by atoms with Crippen molar-refractivity contribution in [2.24, 2.45) is 0 Å². The zero-order valence-electron chi connectivity index (χ0n) is 20.1. The number of aromatic nitrogens is 3. The van der Waals surface area contributed by atoms with Crippen molar-refractivity contribution in [2.75, 3.05) is 36.9 Å². The molecule has 1 fully saturated rings. The molecule has 0 radical (unpaired) electrons. The minimum absolute atomic E-state index is 0.306. The second kappa shape index (κ2) is 10.8. The van der Waals surface area contributed by atoms with E-state index >= 15 is 0 Å². The van der Waals surface area contributed by atoms with Gasteiger partial charge in [0.1, 0.15) is 17.5 Å². The van der Waals surface area contributed by atoms with Crippen LogP contribution in [0.25, 0.3) is 0 Å². The summed E-state index contributed by atoms with van der Waals surface area (Å²) in [4.78, 5) is 21.8. The van der Waals surface area contributed by atoms with Crippen LogP contribution in [0.4, 0.5) is 16.0 Å². The van der Waals surface area contributed by atoms with Crippen LogP contribution in [0.5, 0.6) is 0 Å². The fraction of sp³-hybridized carbons (Fsp3) is 0.423. The highest BCUT2D eigenvalue weighted by Crippen LogP contribution is 2.22. The summed E-state index contributed by atoms with van der Waals surface area (Å²) < 4.78 is 15.1. The maximum Gasteiger partial charge on any atom is 0.256 e. The molecule has 7 nitrogen and oxygen atoms in total. The number of rotatable bonds is 8. The van der Waals surface area contributed by atoms with Crippen LogP contribution in [-0.4, -0.2) is 58.3 Å². The van der Waals surface area contributed by atoms with Gasteiger partial charge in [-0.1, -0.05) is 6.07 Å². The molecule has 8 heteroatoms. The van der Waals surface area contributed by atoms with Crippen LogP contribution in [0.1, 0.15) is 48.7 Å². The smallest absolute Gasteiger partial charge is 0.256 e. The minimum Gasteiger partial charge on any atom is -0.357 e. The molecule has 1 aliphatic heterocycles. The van der Waals surface area contributed by atoms with Crippen LogP contribution >= 0.6 is 0 Å². The Morgan fingerprint density at radius 2 is 1.91 bits per heavy atom. The average Bonchev–Trinajstić information content (AvgIpc) is 3.33. The lowest BCUT2D eigenvalue weighted by molar-refractivity contribution is 0.102. The minimum atomic E-state index is -0.369. The molecule has 0 atom stereocenters. The van der Waals surface area contributed by atoms with Gasteiger partial charge in [0.25, 0.3) is 5.91 Å². The Labute approximate surface area is 200 Å². The second-order valence-electron chi connectivity index (χ2n) is 9.20. The molecule has 0 saturated carbocycles. The number of anilines is 2. The van der Waals surface area contributed by atoms with Crippen molar-refractivity contribution in [3.8, 4) is 0 Å². The average molecular weight is 465 g/mol. The zero-order chi connectivity index (χ0) is 24.1. The number of benzene rings is 1. The topological polar surface area (TPSA) is 66.3 Å². The summed E-state index contributed by atoms with van der Waals surface area (Å²) in [6.45, 7) is 7.43. The molecule has 3 aromatic rings. The molecule has 4 rings (SSSR count). The molecule has 180 valence electrons. The highest BCUT2D eigenvalue weighted by Gasteiger charge is 2.23. The Kier molecular flexibility index (Phi) is 7.57. The maximum absolute atomic E-state index is 13.1. The van der Waals surface area contributed by atoms with Gasteiger partial charge < -0.3 is 15.1 Å². The first-order chi connectivity index (χ1) is 16.4. The van der Waals surface area contributed by atoms with E-state index in [4.69, 9.17) is 0 Å². The van der Waals surface area contributed by atoms with Gasteiger partial charge in [0.05, 0.1) is 6.20 Å². The van der Waals surface area contributed by atoms with Crippen molar-refractivity contribution >= 4 is 17.5 Å². The van der Waals surface area contributed by atoms with Crippen LogP contribution in [0.2, 0.25) is 0 Å². The van der Waals surface area contributed by atoms with E-state index in [9.17, 15) is 9.18 Å². The van der Waals surface area contributed by atoms with Crippen molar-refractivity contribution < 1.29 is 9.18 Å². The van der Waals surface area contributed by atoms with Gasteiger partial charge in [-0.25, -0.2) is 9.37 Å². The van der Waals surface area contributed by atoms with Crippen LogP contribution in [-0.2, 0) is 6.42 Å². The highest BCUT2D eigenvalue weighted by molar-refractivity contribution is 6.03. The molecule has 1 aromatic carbocycles. The molecule has 3 heterocycles. The quantitative estimate of drug-likeness (QED) is 0.536. The standard InChI is InChI=1S/C26H33FN6O/c1-19(2)33-18-20(17-28-33)11-14-32-15-12-23(13-16-32)31(3)25-6-4-5-24(29-25)30-26(34)21-7-9-22(27)10-8-21/h4-10,17-19,23H,11-16H2,1-3H3,(H,29,30,34). The molecule has 2 aromatic heterocycles. The van der Waals surface area contributed by atoms with E-state index in [1.54, 1.807) is 6.07 Å². The van der Waals surface area contributed by atoms with Gasteiger partial charge in [-0.3, -0.25) is 9.48 Å². The summed E-state index contributed by atoms with van der Waals surface area (Å²) in [5.41, 5.74) is 1.68. The third-order valence-electron chi connectivity index (χ3n) is 6.45. The summed E-state index contributed by atoms with van der Waals surface area (Å²) in [6.07, 6.45) is 7.28. The van der Waals surface area contributed by atoms with E-state index in [0.717, 1.165) is 44.7 Å². The van der Waals surface area contributed by atoms with Gasteiger partial charge in [0.2, 0.25) is 0 Å². The number of carbonyl (C=O) groups is 1. The van der Waals surface area contributed by atoms with E-state index in [1.807, 2.05) is 23.0 Å². The number of pyridine rings is 1. The molecular weight excluding hydrogens is 431 g/mol. The normalized spacial score (nSPS) is 15.0. The Morgan fingerprint density at radius 3 is 2.59 bits per heavy atom. The van der Waals surface area contributed by atoms with Gasteiger partial charge in [0.15, 0.2) is 0 Å². The van der Waals surface area contributed by atoms with Gasteiger partial charge in [0, 0.05) is 50.5 Å². The Balaban J connectivity index is 1.28. The molecule has 0 aliphatic carbocycles. The molecule has 1 N–H and O–H groups in total. The number of halogens is 1. The molecule has 0 spiro atoms. The lowest BCUT2D eigenvalue weighted by Crippen LogP contribution is -2.44. The number of nitrogens with one attached hydrogen (secondary N) is 1. The number of hydrogen-bond donors (Lipinski definition) is 1. The van der Waals surface area contributed by atoms with Crippen LogP contribution in [0.3, 0.4) is 0 Å². The summed E-state index contributed by atoms with van der Waals surface area (Å²) in [5.74, 6) is 0.639. The van der Waals surface area contributed by atoms with Crippen molar-refractivity contribution in [1.82, 2.24) is 19.7 Å². The Hall–Kier alpha value is -3.26. The van der Waals surface area contributed by atoms with Crippen molar-refractivity contribution in [3.63, 3.8) is 0 Å². The monoisotopic (exact) mass is 464 g/mol. The van der Waals surface area contributed by atoms with Crippen LogP contribution in [0, 0.1) is 5.82 Å². The molecular formula is C26H33FN6O. The number of hydrogen-bond acceptors (Lipinski definition) is 5. The Morgan fingerprint density at radius 1 is 1.18 bits per heavy atom. The van der Waals surface area contributed by atoms with Gasteiger partial charge >= 0.3 is 0 Å². The van der Waals surface area contributed by atoms with Gasteiger partial charge in [-0.15, -0.1) is 0 Å². The third-order valence-corrected chi connectivity index (χ3v) is 6.45. The lowest BCUT2D eigenvalue weighted by Gasteiger charge is -2.37. The number of carbonyl (C=O) groups excluding carboxylic acids is 1. The SMILES string of the molecule is CC(C)n1cc(CCN2CCC(N(C)c3cccc(NC(=O)c4ccc(F)cc4)n3)CC2)cn1. The van der Waals surface area contributed by atoms with E-state index in [-0.39, 0.29) is 11.7 Å². The molecule has 1 amide bonds. The first-order valence-corrected chi connectivity index (χ1v) is 11.9. The lowest BCUT2D eigenvalue weighted by atomic mass is 10.0. The largest absolute Gasteiger partial charge is 0.357 e. The fourth-order valence-electron chi connectivity index (χ4n) is 4.27. The Bertz CT molecular complexity index is 1090. The first-order valence-electron chi connectivity index (χ1n) is 11.9. The van der Waals surface area contributed by atoms with E-state index in [0.29, 0.717) is 23.5 Å². The summed E-state index contributed by atoms with van der Waals surface area (Å²) in [5, 5.41) is 7.25. The van der Waals surface area contributed by atoms with Gasteiger partial charge in [-0.2, -0.15) is 5.10 Å². The van der Waals surface area contributed by atoms with Crippen LogP contribution < -0.4 is 10.2 Å². The maximum atomic E-state index is 13.1. The predicted octanol–water partition coefficient (Wildman–Crippen LogP) is 4.39. The van der Waals surface area contributed by atoms with Gasteiger partial charge in [-0.05, 0) is 75.1 Å². The molecule has 34 heavy (non-hydrogen) atoms.